The zero-order valence-corrected chi connectivity index (χ0v) is 10.7. The Morgan fingerprint density at radius 2 is 1.95 bits per heavy atom. The summed E-state index contributed by atoms with van der Waals surface area (Å²) in [6.45, 7) is 0. The Balaban J connectivity index is 2.19. The summed E-state index contributed by atoms with van der Waals surface area (Å²) in [6, 6.07) is 3.79. The highest BCUT2D eigenvalue weighted by molar-refractivity contribution is 6.35. The standard InChI is InChI=1S/C12H6ClF2NO4/c1-18-11(17)8-3-6(13)5-2-9-10(4-7(5)16-8)20-12(14,15)19-9/h2-4H,1H3. The van der Waals surface area contributed by atoms with E-state index in [1.807, 2.05) is 0 Å². The van der Waals surface area contributed by atoms with Crippen molar-refractivity contribution in [3.05, 3.63) is 28.9 Å². The van der Waals surface area contributed by atoms with Crippen LogP contribution in [0.5, 0.6) is 11.5 Å². The van der Waals surface area contributed by atoms with Gasteiger partial charge in [0.2, 0.25) is 0 Å². The Bertz CT molecular complexity index is 735. The van der Waals surface area contributed by atoms with Gasteiger partial charge in [0, 0.05) is 11.5 Å². The minimum Gasteiger partial charge on any atom is -0.464 e. The monoisotopic (exact) mass is 301 g/mol. The molecule has 2 aromatic rings. The van der Waals surface area contributed by atoms with Crippen molar-refractivity contribution >= 4 is 28.5 Å². The second-order valence-corrected chi connectivity index (χ2v) is 4.37. The predicted molar refractivity (Wildman–Crippen MR) is 64.3 cm³/mol. The van der Waals surface area contributed by atoms with Crippen LogP contribution in [0.25, 0.3) is 10.9 Å². The van der Waals surface area contributed by atoms with Crippen molar-refractivity contribution in [3.8, 4) is 11.5 Å². The first-order chi connectivity index (χ1) is 9.39. The molecule has 2 heterocycles. The van der Waals surface area contributed by atoms with Gasteiger partial charge in [0.05, 0.1) is 17.6 Å². The first kappa shape index (κ1) is 12.9. The summed E-state index contributed by atoms with van der Waals surface area (Å²) >= 11 is 6.00. The number of methoxy groups -OCH3 is 1. The van der Waals surface area contributed by atoms with Crippen molar-refractivity contribution in [2.75, 3.05) is 7.11 Å². The van der Waals surface area contributed by atoms with E-state index in [1.54, 1.807) is 0 Å². The third-order valence-electron chi connectivity index (χ3n) is 2.68. The molecule has 20 heavy (non-hydrogen) atoms. The molecule has 1 aromatic heterocycles. The molecule has 104 valence electrons. The van der Waals surface area contributed by atoms with E-state index in [4.69, 9.17) is 11.6 Å². The normalized spacial score (nSPS) is 15.4. The van der Waals surface area contributed by atoms with E-state index in [0.717, 1.165) is 0 Å². The Kier molecular flexibility index (Phi) is 2.68. The number of halogens is 3. The number of carbonyl (C=O) groups is 1. The molecule has 0 unspecified atom stereocenters. The minimum absolute atomic E-state index is 0.0318. The predicted octanol–water partition coefficient (Wildman–Crippen LogP) is 3.00. The second kappa shape index (κ2) is 4.17. The topological polar surface area (TPSA) is 57.7 Å². The van der Waals surface area contributed by atoms with Gasteiger partial charge in [0.1, 0.15) is 0 Å². The quantitative estimate of drug-likeness (QED) is 0.758. The zero-order chi connectivity index (χ0) is 14.5. The van der Waals surface area contributed by atoms with Gasteiger partial charge < -0.3 is 14.2 Å². The fourth-order valence-electron chi connectivity index (χ4n) is 1.84. The molecule has 1 aliphatic heterocycles. The van der Waals surface area contributed by atoms with Crippen LogP contribution in [0.1, 0.15) is 10.5 Å². The summed E-state index contributed by atoms with van der Waals surface area (Å²) in [5, 5.41) is 0.524. The minimum atomic E-state index is -3.72. The largest absolute Gasteiger partial charge is 0.586 e. The van der Waals surface area contributed by atoms with E-state index in [9.17, 15) is 13.6 Å². The molecule has 0 atom stereocenters. The molecule has 0 bridgehead atoms. The van der Waals surface area contributed by atoms with E-state index >= 15 is 0 Å². The molecule has 0 spiro atoms. The average Bonchev–Trinajstić information content (AvgIpc) is 2.68. The van der Waals surface area contributed by atoms with Crippen LogP contribution in [0.4, 0.5) is 8.78 Å². The molecule has 5 nitrogen and oxygen atoms in total. The molecule has 1 aromatic carbocycles. The van der Waals surface area contributed by atoms with Crippen LogP contribution in [0, 0.1) is 0 Å². The Morgan fingerprint density at radius 3 is 2.60 bits per heavy atom. The van der Waals surface area contributed by atoms with Crippen LogP contribution in [0.15, 0.2) is 18.2 Å². The molecule has 0 saturated heterocycles. The number of alkyl halides is 2. The molecule has 1 aliphatic rings. The van der Waals surface area contributed by atoms with Gasteiger partial charge in [-0.2, -0.15) is 0 Å². The average molecular weight is 302 g/mol. The summed E-state index contributed by atoms with van der Waals surface area (Å²) in [4.78, 5) is 15.4. The van der Waals surface area contributed by atoms with E-state index in [2.05, 4.69) is 19.2 Å². The first-order valence-corrected chi connectivity index (χ1v) is 5.76. The van der Waals surface area contributed by atoms with Crippen molar-refractivity contribution in [2.24, 2.45) is 0 Å². The van der Waals surface area contributed by atoms with Gasteiger partial charge in [-0.15, -0.1) is 8.78 Å². The molecule has 0 saturated carbocycles. The van der Waals surface area contributed by atoms with Crippen molar-refractivity contribution in [3.63, 3.8) is 0 Å². The fraction of sp³-hybridized carbons (Fsp3) is 0.167. The lowest BCUT2D eigenvalue weighted by Gasteiger charge is -2.05. The maximum atomic E-state index is 13.0. The molecular weight excluding hydrogens is 296 g/mol. The Morgan fingerprint density at radius 1 is 1.30 bits per heavy atom. The number of esters is 1. The molecule has 3 rings (SSSR count). The maximum absolute atomic E-state index is 13.0. The van der Waals surface area contributed by atoms with Gasteiger partial charge in [-0.3, -0.25) is 0 Å². The number of hydrogen-bond acceptors (Lipinski definition) is 5. The number of benzene rings is 1. The van der Waals surface area contributed by atoms with Crippen LogP contribution in [0.3, 0.4) is 0 Å². The maximum Gasteiger partial charge on any atom is 0.586 e. The summed E-state index contributed by atoms with van der Waals surface area (Å²) in [7, 11) is 1.20. The number of ether oxygens (including phenoxy) is 3. The number of fused-ring (bicyclic) bond motifs is 2. The van der Waals surface area contributed by atoms with E-state index in [0.29, 0.717) is 5.39 Å². The molecule has 8 heteroatoms. The highest BCUT2D eigenvalue weighted by atomic mass is 35.5. The lowest BCUT2D eigenvalue weighted by atomic mass is 10.2. The van der Waals surface area contributed by atoms with Crippen LogP contribution < -0.4 is 9.47 Å². The van der Waals surface area contributed by atoms with Crippen LogP contribution in [-0.2, 0) is 4.74 Å². The van der Waals surface area contributed by atoms with Crippen molar-refractivity contribution < 1.29 is 27.8 Å². The highest BCUT2D eigenvalue weighted by Crippen LogP contribution is 2.44. The van der Waals surface area contributed by atoms with Gasteiger partial charge in [0.15, 0.2) is 17.2 Å². The summed E-state index contributed by atoms with van der Waals surface area (Å²) in [5.41, 5.74) is 0.188. The van der Waals surface area contributed by atoms with Crippen molar-refractivity contribution in [1.82, 2.24) is 4.98 Å². The van der Waals surface area contributed by atoms with Crippen LogP contribution in [-0.4, -0.2) is 24.4 Å². The third kappa shape index (κ3) is 2.00. The van der Waals surface area contributed by atoms with Crippen molar-refractivity contribution in [2.45, 2.75) is 6.29 Å². The van der Waals surface area contributed by atoms with E-state index < -0.39 is 12.3 Å². The summed E-state index contributed by atoms with van der Waals surface area (Å²) in [6.07, 6.45) is -3.72. The van der Waals surface area contributed by atoms with Crippen molar-refractivity contribution in [1.29, 1.82) is 0 Å². The molecule has 0 amide bonds. The van der Waals surface area contributed by atoms with E-state index in [-0.39, 0.29) is 27.7 Å². The SMILES string of the molecule is COC(=O)c1cc(Cl)c2cc3c(cc2n1)OC(F)(F)O3. The van der Waals surface area contributed by atoms with Gasteiger partial charge >= 0.3 is 12.3 Å². The number of aromatic nitrogens is 1. The lowest BCUT2D eigenvalue weighted by Crippen LogP contribution is -2.25. The smallest absolute Gasteiger partial charge is 0.464 e. The number of rotatable bonds is 1. The molecule has 0 radical (unpaired) electrons. The fourth-order valence-corrected chi connectivity index (χ4v) is 2.09. The molecule has 0 N–H and O–H groups in total. The second-order valence-electron chi connectivity index (χ2n) is 3.96. The third-order valence-corrected chi connectivity index (χ3v) is 2.99. The van der Waals surface area contributed by atoms with E-state index in [1.165, 1.54) is 25.3 Å². The summed E-state index contributed by atoms with van der Waals surface area (Å²) in [5.74, 6) is -0.998. The number of carbonyl (C=O) groups excluding carboxylic acids is 1. The zero-order valence-electron chi connectivity index (χ0n) is 9.95. The first-order valence-electron chi connectivity index (χ1n) is 5.38. The number of pyridine rings is 1. The van der Waals surface area contributed by atoms with Crippen LogP contribution >= 0.6 is 11.6 Å². The Hall–Kier alpha value is -2.15. The van der Waals surface area contributed by atoms with Gasteiger partial charge in [0.25, 0.3) is 0 Å². The number of nitrogens with zero attached hydrogens (tertiary/aromatic N) is 1. The lowest BCUT2D eigenvalue weighted by molar-refractivity contribution is -0.286. The van der Waals surface area contributed by atoms with Gasteiger partial charge in [-0.1, -0.05) is 11.6 Å². The van der Waals surface area contributed by atoms with Gasteiger partial charge in [-0.05, 0) is 12.1 Å². The summed E-state index contributed by atoms with van der Waals surface area (Å²) < 4.78 is 39.1. The highest BCUT2D eigenvalue weighted by Gasteiger charge is 2.43. The molecule has 0 aliphatic carbocycles. The van der Waals surface area contributed by atoms with Gasteiger partial charge in [-0.25, -0.2) is 9.78 Å². The molecular formula is C12H6ClF2NO4. The Labute approximate surface area is 116 Å². The van der Waals surface area contributed by atoms with Crippen LogP contribution in [0.2, 0.25) is 5.02 Å². The molecule has 0 fully saturated rings. The number of hydrogen-bond donors (Lipinski definition) is 0.